The van der Waals surface area contributed by atoms with Crippen LogP contribution in [0.5, 0.6) is 0 Å². The summed E-state index contributed by atoms with van der Waals surface area (Å²) in [6.45, 7) is -0.219. The smallest absolute Gasteiger partial charge is 0.358 e. The van der Waals surface area contributed by atoms with Crippen LogP contribution in [-0.2, 0) is 11.3 Å². The quantitative estimate of drug-likeness (QED) is 0.597. The van der Waals surface area contributed by atoms with Gasteiger partial charge in [-0.2, -0.15) is 0 Å². The minimum absolute atomic E-state index is 0.103. The summed E-state index contributed by atoms with van der Waals surface area (Å²) < 4.78 is 1.13. The lowest BCUT2D eigenvalue weighted by molar-refractivity contribution is -0.384. The van der Waals surface area contributed by atoms with E-state index < -0.39 is 10.9 Å². The van der Waals surface area contributed by atoms with Crippen molar-refractivity contribution in [1.29, 1.82) is 0 Å². The Bertz CT molecular complexity index is 737. The number of carboxylic acids is 1. The highest BCUT2D eigenvalue weighted by Crippen LogP contribution is 2.24. The number of hydrogen-bond acceptors (Lipinski definition) is 6. The first-order chi connectivity index (χ1) is 10.4. The van der Waals surface area contributed by atoms with Gasteiger partial charge in [-0.15, -0.1) is 5.10 Å². The van der Waals surface area contributed by atoms with E-state index in [9.17, 15) is 19.7 Å². The molecule has 10 nitrogen and oxygen atoms in total. The molecule has 2 rings (SSSR count). The number of non-ortho nitro benzene ring substituents is 1. The van der Waals surface area contributed by atoms with Crippen LogP contribution in [0.3, 0.4) is 0 Å². The molecule has 0 aliphatic carbocycles. The Balaban J connectivity index is 2.50. The third-order valence-corrected chi connectivity index (χ3v) is 2.86. The van der Waals surface area contributed by atoms with Gasteiger partial charge in [0.05, 0.1) is 4.92 Å². The van der Waals surface area contributed by atoms with Crippen molar-refractivity contribution in [2.45, 2.75) is 6.54 Å². The van der Waals surface area contributed by atoms with Crippen LogP contribution < -0.4 is 5.32 Å². The first-order valence-electron chi connectivity index (χ1n) is 6.06. The van der Waals surface area contributed by atoms with Gasteiger partial charge in [0.15, 0.2) is 5.69 Å². The van der Waals surface area contributed by atoms with Crippen LogP contribution in [0.1, 0.15) is 10.5 Å². The summed E-state index contributed by atoms with van der Waals surface area (Å²) >= 11 is 0. The Kier molecular flexibility index (Phi) is 4.11. The highest BCUT2D eigenvalue weighted by Gasteiger charge is 2.22. The maximum atomic E-state index is 11.5. The van der Waals surface area contributed by atoms with E-state index in [-0.39, 0.29) is 29.5 Å². The number of rotatable bonds is 5. The number of nitro benzene ring substituents is 1. The summed E-state index contributed by atoms with van der Waals surface area (Å²) in [5.41, 5.74) is -0.00777. The third kappa shape index (κ3) is 2.90. The van der Waals surface area contributed by atoms with Gasteiger partial charge >= 0.3 is 5.97 Å². The second kappa shape index (κ2) is 5.99. The molecule has 10 heteroatoms. The van der Waals surface area contributed by atoms with E-state index in [0.29, 0.717) is 5.56 Å². The predicted octanol–water partition coefficient (Wildman–Crippen LogP) is 0.298. The number of carbonyl (C=O) groups is 2. The Labute approximate surface area is 123 Å². The SMILES string of the molecule is CNC(=O)Cn1nnc(C(=O)O)c1-c1ccc([N+](=O)[O-])cc1. The number of benzene rings is 1. The van der Waals surface area contributed by atoms with Gasteiger partial charge in [-0.25, -0.2) is 9.48 Å². The molecule has 0 fully saturated rings. The van der Waals surface area contributed by atoms with Crippen LogP contribution in [0.2, 0.25) is 0 Å². The number of nitrogens with one attached hydrogen (secondary N) is 1. The Morgan fingerprint density at radius 1 is 1.36 bits per heavy atom. The molecular weight excluding hydrogens is 294 g/mol. The summed E-state index contributed by atoms with van der Waals surface area (Å²) in [6.07, 6.45) is 0. The highest BCUT2D eigenvalue weighted by atomic mass is 16.6. The summed E-state index contributed by atoms with van der Waals surface area (Å²) in [5, 5.41) is 29.4. The molecule has 1 aromatic carbocycles. The zero-order valence-electron chi connectivity index (χ0n) is 11.4. The lowest BCUT2D eigenvalue weighted by Crippen LogP contribution is -2.24. The number of likely N-dealkylation sites (N-methyl/N-ethyl adjacent to an activating group) is 1. The second-order valence-electron chi connectivity index (χ2n) is 4.23. The summed E-state index contributed by atoms with van der Waals surface area (Å²) in [6, 6.07) is 5.23. The van der Waals surface area contributed by atoms with E-state index in [1.807, 2.05) is 0 Å². The summed E-state index contributed by atoms with van der Waals surface area (Å²) in [7, 11) is 1.43. The predicted molar refractivity (Wildman–Crippen MR) is 73.1 cm³/mol. The van der Waals surface area contributed by atoms with Gasteiger partial charge in [0.25, 0.3) is 5.69 Å². The maximum absolute atomic E-state index is 11.5. The molecule has 0 aliphatic rings. The minimum Gasteiger partial charge on any atom is -0.476 e. The molecule has 0 saturated heterocycles. The molecular formula is C12H11N5O5. The van der Waals surface area contributed by atoms with Gasteiger partial charge in [0.1, 0.15) is 12.2 Å². The Morgan fingerprint density at radius 3 is 2.50 bits per heavy atom. The Morgan fingerprint density at radius 2 is 2.00 bits per heavy atom. The second-order valence-corrected chi connectivity index (χ2v) is 4.23. The minimum atomic E-state index is -1.31. The number of amides is 1. The molecule has 2 N–H and O–H groups in total. The van der Waals surface area contributed by atoms with Crippen molar-refractivity contribution in [3.8, 4) is 11.3 Å². The number of carbonyl (C=O) groups excluding carboxylic acids is 1. The van der Waals surface area contributed by atoms with Crippen molar-refractivity contribution < 1.29 is 19.6 Å². The molecule has 22 heavy (non-hydrogen) atoms. The number of aromatic carboxylic acids is 1. The Hall–Kier alpha value is -3.30. The van der Waals surface area contributed by atoms with Crippen LogP contribution in [0.15, 0.2) is 24.3 Å². The standard InChI is InChI=1S/C12H11N5O5/c1-13-9(18)6-16-11(10(12(19)20)14-15-16)7-2-4-8(5-3-7)17(21)22/h2-5H,6H2,1H3,(H,13,18)(H,19,20). The monoisotopic (exact) mass is 305 g/mol. The number of hydrogen-bond donors (Lipinski definition) is 2. The van der Waals surface area contributed by atoms with E-state index in [0.717, 1.165) is 4.68 Å². The van der Waals surface area contributed by atoms with Gasteiger partial charge < -0.3 is 10.4 Å². The summed E-state index contributed by atoms with van der Waals surface area (Å²) in [4.78, 5) is 32.8. The lowest BCUT2D eigenvalue weighted by atomic mass is 10.1. The van der Waals surface area contributed by atoms with E-state index in [1.165, 1.54) is 31.3 Å². The van der Waals surface area contributed by atoms with Gasteiger partial charge in [-0.1, -0.05) is 5.21 Å². The van der Waals surface area contributed by atoms with Crippen molar-refractivity contribution in [3.05, 3.63) is 40.1 Å². The summed E-state index contributed by atoms with van der Waals surface area (Å²) in [5.74, 6) is -1.69. The molecule has 1 heterocycles. The average Bonchev–Trinajstić information content (AvgIpc) is 2.91. The molecule has 0 unspecified atom stereocenters. The molecule has 0 saturated carbocycles. The molecule has 0 bridgehead atoms. The first-order valence-corrected chi connectivity index (χ1v) is 6.06. The van der Waals surface area contributed by atoms with Crippen molar-refractivity contribution in [1.82, 2.24) is 20.3 Å². The fraction of sp³-hybridized carbons (Fsp3) is 0.167. The lowest BCUT2D eigenvalue weighted by Gasteiger charge is -2.06. The van der Waals surface area contributed by atoms with Crippen LogP contribution in [0.4, 0.5) is 5.69 Å². The van der Waals surface area contributed by atoms with E-state index in [2.05, 4.69) is 15.6 Å². The van der Waals surface area contributed by atoms with Crippen LogP contribution in [0.25, 0.3) is 11.3 Å². The van der Waals surface area contributed by atoms with E-state index in [4.69, 9.17) is 5.11 Å². The highest BCUT2D eigenvalue weighted by molar-refractivity contribution is 5.93. The average molecular weight is 305 g/mol. The maximum Gasteiger partial charge on any atom is 0.358 e. The number of aromatic nitrogens is 3. The molecule has 2 aromatic rings. The fourth-order valence-electron chi connectivity index (χ4n) is 1.81. The number of nitrogens with zero attached hydrogens (tertiary/aromatic N) is 4. The van der Waals surface area contributed by atoms with E-state index in [1.54, 1.807) is 0 Å². The molecule has 0 spiro atoms. The molecule has 114 valence electrons. The van der Waals surface area contributed by atoms with Crippen LogP contribution in [0, 0.1) is 10.1 Å². The van der Waals surface area contributed by atoms with Crippen molar-refractivity contribution in [3.63, 3.8) is 0 Å². The first kappa shape index (κ1) is 15.1. The molecule has 1 aromatic heterocycles. The van der Waals surface area contributed by atoms with Gasteiger partial charge in [0.2, 0.25) is 5.91 Å². The molecule has 0 radical (unpaired) electrons. The largest absolute Gasteiger partial charge is 0.476 e. The zero-order chi connectivity index (χ0) is 16.3. The van der Waals surface area contributed by atoms with Gasteiger partial charge in [-0.05, 0) is 12.1 Å². The molecule has 0 aliphatic heterocycles. The van der Waals surface area contributed by atoms with Gasteiger partial charge in [-0.3, -0.25) is 14.9 Å². The van der Waals surface area contributed by atoms with Crippen molar-refractivity contribution in [2.24, 2.45) is 0 Å². The van der Waals surface area contributed by atoms with E-state index >= 15 is 0 Å². The molecule has 0 atom stereocenters. The van der Waals surface area contributed by atoms with Crippen molar-refractivity contribution in [2.75, 3.05) is 7.05 Å². The normalized spacial score (nSPS) is 10.2. The topological polar surface area (TPSA) is 140 Å². The van der Waals surface area contributed by atoms with Crippen LogP contribution >= 0.6 is 0 Å². The number of carboxylic acid groups (broad SMARTS) is 1. The molecule has 1 amide bonds. The van der Waals surface area contributed by atoms with Crippen molar-refractivity contribution >= 4 is 17.6 Å². The zero-order valence-corrected chi connectivity index (χ0v) is 11.4. The van der Waals surface area contributed by atoms with Crippen LogP contribution in [-0.4, -0.2) is 43.9 Å². The number of nitro groups is 1. The third-order valence-electron chi connectivity index (χ3n) is 2.86. The van der Waals surface area contributed by atoms with Gasteiger partial charge in [0, 0.05) is 24.7 Å². The fourth-order valence-corrected chi connectivity index (χ4v) is 1.81.